The molecule has 1 aliphatic rings. The number of hydrogen-bond acceptors (Lipinski definition) is 8. The lowest BCUT2D eigenvalue weighted by atomic mass is 10.0. The van der Waals surface area contributed by atoms with Crippen molar-refractivity contribution in [2.45, 2.75) is 63.1 Å². The number of aromatic nitrogens is 4. The minimum atomic E-state index is -1.62. The van der Waals surface area contributed by atoms with Gasteiger partial charge in [-0.15, -0.1) is 0 Å². The molecule has 0 saturated carbocycles. The molecule has 0 bridgehead atoms. The average Bonchev–Trinajstić information content (AvgIpc) is 3.21. The Balaban J connectivity index is 2.00. The molecule has 1 fully saturated rings. The van der Waals surface area contributed by atoms with Gasteiger partial charge in [0.2, 0.25) is 5.72 Å². The summed E-state index contributed by atoms with van der Waals surface area (Å²) in [6, 6.07) is 0. The summed E-state index contributed by atoms with van der Waals surface area (Å²) in [7, 11) is 0. The molecule has 0 aromatic carbocycles. The zero-order valence-electron chi connectivity index (χ0n) is 15.2. The molecule has 0 amide bonds. The average molecular weight is 375 g/mol. The van der Waals surface area contributed by atoms with Crippen molar-refractivity contribution < 1.29 is 20.1 Å². The fraction of sp³-hybridized carbons (Fsp3) is 0.611. The normalized spacial score (nSPS) is 27.6. The Bertz CT molecular complexity index is 845. The van der Waals surface area contributed by atoms with Crippen LogP contribution in [0.4, 0.5) is 5.82 Å². The number of rotatable bonds is 6. The van der Waals surface area contributed by atoms with Gasteiger partial charge in [-0.25, -0.2) is 15.0 Å². The first-order valence-electron chi connectivity index (χ1n) is 9.14. The van der Waals surface area contributed by atoms with Gasteiger partial charge in [-0.2, -0.15) is 0 Å². The lowest BCUT2D eigenvalue weighted by Crippen LogP contribution is -2.44. The van der Waals surface area contributed by atoms with E-state index in [9.17, 15) is 15.3 Å². The maximum Gasteiger partial charge on any atom is 0.241 e. The summed E-state index contributed by atoms with van der Waals surface area (Å²) in [5.41, 5.74) is 4.89. The van der Waals surface area contributed by atoms with Gasteiger partial charge in [0.05, 0.1) is 6.61 Å². The smallest absolute Gasteiger partial charge is 0.241 e. The summed E-state index contributed by atoms with van der Waals surface area (Å²) in [5.74, 6) is 6.19. The number of nitrogens with two attached hydrogens (primary N) is 1. The van der Waals surface area contributed by atoms with Crippen LogP contribution >= 0.6 is 0 Å². The number of anilines is 1. The van der Waals surface area contributed by atoms with Crippen LogP contribution in [0.15, 0.2) is 12.7 Å². The van der Waals surface area contributed by atoms with Crippen molar-refractivity contribution in [1.82, 2.24) is 19.5 Å². The van der Waals surface area contributed by atoms with Gasteiger partial charge < -0.3 is 25.8 Å². The van der Waals surface area contributed by atoms with E-state index in [4.69, 9.17) is 10.5 Å². The molecule has 2 aromatic heterocycles. The van der Waals surface area contributed by atoms with Crippen molar-refractivity contribution in [3.05, 3.63) is 12.7 Å². The minimum absolute atomic E-state index is 0.188. The third-order valence-electron chi connectivity index (χ3n) is 4.76. The quantitative estimate of drug-likeness (QED) is 0.413. The van der Waals surface area contributed by atoms with Crippen LogP contribution in [0.2, 0.25) is 0 Å². The van der Waals surface area contributed by atoms with Gasteiger partial charge in [0.1, 0.15) is 36.5 Å². The molecule has 0 spiro atoms. The number of fused-ring (bicyclic) bond motifs is 1. The number of imidazole rings is 1. The Labute approximate surface area is 157 Å². The van der Waals surface area contributed by atoms with Crippen molar-refractivity contribution in [2.75, 3.05) is 12.3 Å². The van der Waals surface area contributed by atoms with E-state index < -0.39 is 30.6 Å². The van der Waals surface area contributed by atoms with Crippen molar-refractivity contribution >= 4 is 17.0 Å². The van der Waals surface area contributed by atoms with E-state index in [1.54, 1.807) is 0 Å². The molecular weight excluding hydrogens is 350 g/mol. The topological polar surface area (TPSA) is 140 Å². The fourth-order valence-electron chi connectivity index (χ4n) is 3.24. The second-order valence-corrected chi connectivity index (χ2v) is 6.63. The second kappa shape index (κ2) is 8.19. The number of unbranched alkanes of at least 4 members (excludes halogenated alkanes) is 4. The molecule has 9 heteroatoms. The largest absolute Gasteiger partial charge is 0.394 e. The second-order valence-electron chi connectivity index (χ2n) is 6.63. The van der Waals surface area contributed by atoms with E-state index in [2.05, 4.69) is 33.7 Å². The monoisotopic (exact) mass is 375 g/mol. The third kappa shape index (κ3) is 3.49. The molecule has 0 unspecified atom stereocenters. The number of aliphatic hydroxyl groups excluding tert-OH is 3. The first-order chi connectivity index (χ1) is 13.0. The van der Waals surface area contributed by atoms with Crippen molar-refractivity contribution in [2.24, 2.45) is 0 Å². The summed E-state index contributed by atoms with van der Waals surface area (Å²) in [4.78, 5) is 12.3. The van der Waals surface area contributed by atoms with E-state index >= 15 is 0 Å². The number of nitrogen functional groups attached to an aromatic ring is 1. The lowest BCUT2D eigenvalue weighted by molar-refractivity contribution is -0.103. The molecule has 1 saturated heterocycles. The standard InChI is InChI=1S/C18H25N5O4/c1-2-3-4-5-6-7-8-18(15(26)14(25)12(9-24)27-18)23-11-22-13-16(19)20-10-21-17(13)23/h10-12,14-15,24-26H,2-6,9H2,1H3,(H2,19,20,21)/t12-,14-,15-,18-/m1/s1. The molecule has 1 aliphatic heterocycles. The SMILES string of the molecule is CCCCCCC#C[C@@]1(n2cnc3c(N)ncnc32)O[C@H](CO)[C@@H](O)[C@H]1O. The highest BCUT2D eigenvalue weighted by atomic mass is 16.6. The summed E-state index contributed by atoms with van der Waals surface area (Å²) in [6.45, 7) is 1.68. The van der Waals surface area contributed by atoms with Crippen LogP contribution in [0.5, 0.6) is 0 Å². The van der Waals surface area contributed by atoms with Crippen molar-refractivity contribution in [1.29, 1.82) is 0 Å². The molecule has 27 heavy (non-hydrogen) atoms. The van der Waals surface area contributed by atoms with Crippen LogP contribution in [0.25, 0.3) is 11.2 Å². The van der Waals surface area contributed by atoms with E-state index in [0.717, 1.165) is 25.7 Å². The predicted octanol–water partition coefficient (Wildman–Crippen LogP) is 0.148. The Kier molecular flexibility index (Phi) is 5.92. The zero-order valence-corrected chi connectivity index (χ0v) is 15.2. The summed E-state index contributed by atoms with van der Waals surface area (Å²) in [6.07, 6.45) is 3.89. The number of aliphatic hydroxyl groups is 3. The minimum Gasteiger partial charge on any atom is -0.394 e. The molecule has 5 N–H and O–H groups in total. The van der Waals surface area contributed by atoms with Crippen molar-refractivity contribution in [3.8, 4) is 11.8 Å². The number of nitrogens with zero attached hydrogens (tertiary/aromatic N) is 4. The van der Waals surface area contributed by atoms with Crippen LogP contribution in [-0.2, 0) is 10.5 Å². The molecule has 3 heterocycles. The molecule has 0 radical (unpaired) electrons. The Morgan fingerprint density at radius 1 is 1.26 bits per heavy atom. The van der Waals surface area contributed by atoms with Crippen LogP contribution in [0, 0.1) is 11.8 Å². The molecule has 146 valence electrons. The van der Waals surface area contributed by atoms with Gasteiger partial charge in [-0.05, 0) is 12.3 Å². The molecular formula is C18H25N5O4. The first-order valence-corrected chi connectivity index (χ1v) is 9.14. The Morgan fingerprint density at radius 2 is 2.07 bits per heavy atom. The highest BCUT2D eigenvalue weighted by Crippen LogP contribution is 2.37. The maximum absolute atomic E-state index is 10.7. The van der Waals surface area contributed by atoms with E-state index in [1.165, 1.54) is 17.2 Å². The zero-order chi connectivity index (χ0) is 19.4. The highest BCUT2D eigenvalue weighted by Gasteiger charge is 2.55. The Morgan fingerprint density at radius 3 is 2.78 bits per heavy atom. The maximum atomic E-state index is 10.7. The van der Waals surface area contributed by atoms with E-state index in [-0.39, 0.29) is 5.82 Å². The predicted molar refractivity (Wildman–Crippen MR) is 98.2 cm³/mol. The van der Waals surface area contributed by atoms with Crippen LogP contribution < -0.4 is 5.73 Å². The highest BCUT2D eigenvalue weighted by molar-refractivity contribution is 5.81. The lowest BCUT2D eigenvalue weighted by Gasteiger charge is -2.28. The van der Waals surface area contributed by atoms with Gasteiger partial charge in [0.25, 0.3) is 0 Å². The summed E-state index contributed by atoms with van der Waals surface area (Å²) < 4.78 is 7.29. The molecule has 2 aromatic rings. The van der Waals surface area contributed by atoms with Crippen LogP contribution in [0.1, 0.15) is 39.0 Å². The van der Waals surface area contributed by atoms with E-state index in [1.807, 2.05) is 0 Å². The van der Waals surface area contributed by atoms with Crippen LogP contribution in [0.3, 0.4) is 0 Å². The third-order valence-corrected chi connectivity index (χ3v) is 4.76. The van der Waals surface area contributed by atoms with Gasteiger partial charge in [0, 0.05) is 6.42 Å². The molecule has 3 rings (SSSR count). The number of hydrogen-bond donors (Lipinski definition) is 4. The first kappa shape index (κ1) is 19.5. The van der Waals surface area contributed by atoms with E-state index in [0.29, 0.717) is 17.6 Å². The Hall–Kier alpha value is -2.25. The van der Waals surface area contributed by atoms with Gasteiger partial charge in [0.15, 0.2) is 11.5 Å². The van der Waals surface area contributed by atoms with Crippen LogP contribution in [-0.4, -0.2) is 59.8 Å². The molecule has 0 aliphatic carbocycles. The number of ether oxygens (including phenoxy) is 1. The van der Waals surface area contributed by atoms with Gasteiger partial charge in [-0.1, -0.05) is 32.1 Å². The van der Waals surface area contributed by atoms with Crippen molar-refractivity contribution in [3.63, 3.8) is 0 Å². The molecule has 9 nitrogen and oxygen atoms in total. The summed E-state index contributed by atoms with van der Waals surface area (Å²) >= 11 is 0. The molecule has 4 atom stereocenters. The summed E-state index contributed by atoms with van der Waals surface area (Å²) in [5, 5.41) is 30.5. The van der Waals surface area contributed by atoms with Gasteiger partial charge in [-0.3, -0.25) is 4.57 Å². The fourth-order valence-corrected chi connectivity index (χ4v) is 3.24. The van der Waals surface area contributed by atoms with Gasteiger partial charge >= 0.3 is 0 Å².